The number of carbonyl (C=O) groups is 2. The van der Waals surface area contributed by atoms with Crippen molar-refractivity contribution in [1.29, 1.82) is 0 Å². The third kappa shape index (κ3) is 6.70. The molecule has 1 unspecified atom stereocenters. The predicted molar refractivity (Wildman–Crippen MR) is 109 cm³/mol. The first kappa shape index (κ1) is 22.0. The first-order chi connectivity index (χ1) is 13.4. The minimum absolute atomic E-state index is 0.288. The van der Waals surface area contributed by atoms with Crippen molar-refractivity contribution in [1.82, 2.24) is 9.27 Å². The van der Waals surface area contributed by atoms with Crippen molar-refractivity contribution in [2.24, 2.45) is 5.92 Å². The molecule has 1 fully saturated rings. The average molecular weight is 407 g/mol. The summed E-state index contributed by atoms with van der Waals surface area (Å²) in [5.41, 5.74) is 1.31. The summed E-state index contributed by atoms with van der Waals surface area (Å²) in [6, 6.07) is 8.56. The molecule has 0 radical (unpaired) electrons. The molecule has 2 aromatic rings. The van der Waals surface area contributed by atoms with Gasteiger partial charge in [-0.1, -0.05) is 25.1 Å². The van der Waals surface area contributed by atoms with Gasteiger partial charge in [-0.15, -0.1) is 0 Å². The average Bonchev–Trinajstić information content (AvgIpc) is 3.11. The van der Waals surface area contributed by atoms with Crippen molar-refractivity contribution in [3.63, 3.8) is 0 Å². The molecule has 0 aliphatic carbocycles. The fourth-order valence-corrected chi connectivity index (χ4v) is 4.08. The lowest BCUT2D eigenvalue weighted by atomic mass is 9.91. The van der Waals surface area contributed by atoms with Gasteiger partial charge >= 0.3 is 11.9 Å². The molecule has 28 heavy (non-hydrogen) atoms. The monoisotopic (exact) mass is 406 g/mol. The van der Waals surface area contributed by atoms with Crippen LogP contribution in [0.5, 0.6) is 0 Å². The molecule has 1 aliphatic rings. The van der Waals surface area contributed by atoms with Crippen molar-refractivity contribution in [2.45, 2.75) is 25.7 Å². The van der Waals surface area contributed by atoms with Crippen molar-refractivity contribution in [2.75, 3.05) is 26.2 Å². The Bertz CT molecular complexity index is 796. The Labute approximate surface area is 168 Å². The van der Waals surface area contributed by atoms with Crippen LogP contribution in [0.2, 0.25) is 0 Å². The van der Waals surface area contributed by atoms with Gasteiger partial charge < -0.3 is 20.2 Å². The molecule has 0 bridgehead atoms. The molecule has 7 nitrogen and oxygen atoms in total. The first-order valence-electron chi connectivity index (χ1n) is 9.22. The first-order valence-corrected chi connectivity index (χ1v) is 9.99. The second-order valence-electron chi connectivity index (χ2n) is 6.94. The van der Waals surface area contributed by atoms with E-state index >= 15 is 0 Å². The van der Waals surface area contributed by atoms with E-state index in [9.17, 15) is 9.59 Å². The lowest BCUT2D eigenvalue weighted by Crippen LogP contribution is -2.36. The second-order valence-corrected chi connectivity index (χ2v) is 7.74. The highest BCUT2D eigenvalue weighted by molar-refractivity contribution is 7.13. The predicted octanol–water partition coefficient (Wildman–Crippen LogP) is 2.82. The molecule has 3 rings (SSSR count). The van der Waals surface area contributed by atoms with Gasteiger partial charge in [0.25, 0.3) is 0 Å². The van der Waals surface area contributed by atoms with E-state index in [0.29, 0.717) is 24.0 Å². The van der Waals surface area contributed by atoms with Crippen LogP contribution in [0.3, 0.4) is 0 Å². The van der Waals surface area contributed by atoms with Gasteiger partial charge in [-0.05, 0) is 49.4 Å². The Balaban J connectivity index is 0.000000300. The number of benzene rings is 1. The van der Waals surface area contributed by atoms with Crippen LogP contribution in [0.4, 0.5) is 0 Å². The van der Waals surface area contributed by atoms with Gasteiger partial charge in [0.15, 0.2) is 0 Å². The van der Waals surface area contributed by atoms with Gasteiger partial charge in [0.2, 0.25) is 0 Å². The third-order valence-corrected chi connectivity index (χ3v) is 5.47. The minimum atomic E-state index is -1.26. The zero-order valence-corrected chi connectivity index (χ0v) is 16.6. The number of piperidine rings is 1. The highest BCUT2D eigenvalue weighted by atomic mass is 32.1. The summed E-state index contributed by atoms with van der Waals surface area (Å²) in [6.07, 6.45) is 3.49. The molecule has 8 heteroatoms. The highest BCUT2D eigenvalue weighted by Gasteiger charge is 2.24. The van der Waals surface area contributed by atoms with Gasteiger partial charge in [0.05, 0.1) is 10.4 Å². The Morgan fingerprint density at radius 1 is 1.21 bits per heavy atom. The van der Waals surface area contributed by atoms with Crippen molar-refractivity contribution in [3.8, 4) is 0 Å². The maximum Gasteiger partial charge on any atom is 0.328 e. The quantitative estimate of drug-likeness (QED) is 0.633. The van der Waals surface area contributed by atoms with Gasteiger partial charge in [0, 0.05) is 36.6 Å². The van der Waals surface area contributed by atoms with Crippen LogP contribution in [-0.4, -0.2) is 62.8 Å². The summed E-state index contributed by atoms with van der Waals surface area (Å²) in [5, 5.41) is 26.1. The Morgan fingerprint density at radius 2 is 1.82 bits per heavy atom. The third-order valence-electron chi connectivity index (χ3n) is 4.63. The molecule has 1 aromatic carbocycles. The van der Waals surface area contributed by atoms with Crippen LogP contribution in [-0.2, 0) is 9.59 Å². The molecular formula is C20H26N2O5S. The number of hydrogen-bond donors (Lipinski definition) is 3. The summed E-state index contributed by atoms with van der Waals surface area (Å²) >= 11 is 1.63. The maximum atomic E-state index is 9.55. The van der Waals surface area contributed by atoms with Gasteiger partial charge in [-0.25, -0.2) is 9.59 Å². The number of aliphatic carboxylic acids is 2. The van der Waals surface area contributed by atoms with E-state index in [-0.39, 0.29) is 6.61 Å². The molecule has 0 spiro atoms. The number of aromatic nitrogens is 1. The standard InChI is InChI=1S/C16H22N2OS.C4H4O4/c1-12(11-19)10-18-8-6-13(7-9-18)16-14-4-2-3-5-15(14)20-17-16;5-3(6)1-2-4(7)8/h2-5,12-13,19H,6-11H2,1H3;1-2H,(H,5,6)(H,7,8)/b;2-1+. The molecule has 1 atom stereocenters. The van der Waals surface area contributed by atoms with Crippen LogP contribution in [0.15, 0.2) is 36.4 Å². The number of carboxylic acid groups (broad SMARTS) is 2. The second kappa shape index (κ2) is 10.9. The van der Waals surface area contributed by atoms with E-state index in [1.54, 1.807) is 11.5 Å². The van der Waals surface area contributed by atoms with E-state index in [1.165, 1.54) is 28.6 Å². The van der Waals surface area contributed by atoms with Crippen LogP contribution in [0, 0.1) is 5.92 Å². The van der Waals surface area contributed by atoms with E-state index in [2.05, 4.69) is 36.1 Å². The molecule has 152 valence electrons. The SMILES string of the molecule is CC(CO)CN1CCC(c2nsc3ccccc23)CC1.O=C(O)/C=C/C(=O)O. The van der Waals surface area contributed by atoms with Gasteiger partial charge in [-0.2, -0.15) is 4.37 Å². The fraction of sp³-hybridized carbons (Fsp3) is 0.450. The molecule has 0 saturated carbocycles. The Hall–Kier alpha value is -2.29. The van der Waals surface area contributed by atoms with Crippen LogP contribution < -0.4 is 0 Å². The normalized spacial score (nSPS) is 16.6. The molecule has 1 aliphatic heterocycles. The molecule has 2 heterocycles. The van der Waals surface area contributed by atoms with Crippen molar-refractivity contribution in [3.05, 3.63) is 42.1 Å². The van der Waals surface area contributed by atoms with E-state index in [4.69, 9.17) is 19.7 Å². The molecule has 3 N–H and O–H groups in total. The number of nitrogens with zero attached hydrogens (tertiary/aromatic N) is 2. The maximum absolute atomic E-state index is 9.55. The summed E-state index contributed by atoms with van der Waals surface area (Å²) in [7, 11) is 0. The molecule has 0 amide bonds. The van der Waals surface area contributed by atoms with Crippen molar-refractivity contribution >= 4 is 33.6 Å². The van der Waals surface area contributed by atoms with E-state index in [1.807, 2.05) is 0 Å². The molecular weight excluding hydrogens is 380 g/mol. The smallest absolute Gasteiger partial charge is 0.328 e. The highest BCUT2D eigenvalue weighted by Crippen LogP contribution is 2.34. The number of hydrogen-bond acceptors (Lipinski definition) is 6. The molecule has 1 saturated heterocycles. The summed E-state index contributed by atoms with van der Waals surface area (Å²) in [4.78, 5) is 21.6. The van der Waals surface area contributed by atoms with Crippen molar-refractivity contribution < 1.29 is 24.9 Å². The number of aliphatic hydroxyl groups is 1. The van der Waals surface area contributed by atoms with Crippen LogP contribution in [0.25, 0.3) is 10.1 Å². The van der Waals surface area contributed by atoms with E-state index in [0.717, 1.165) is 19.6 Å². The number of carboxylic acids is 2. The molecule has 1 aromatic heterocycles. The van der Waals surface area contributed by atoms with Gasteiger partial charge in [-0.3, -0.25) is 0 Å². The lowest BCUT2D eigenvalue weighted by Gasteiger charge is -2.32. The van der Waals surface area contributed by atoms with E-state index < -0.39 is 11.9 Å². The Kier molecular flexibility index (Phi) is 8.56. The Morgan fingerprint density at radius 3 is 2.39 bits per heavy atom. The topological polar surface area (TPSA) is 111 Å². The summed E-state index contributed by atoms with van der Waals surface area (Å²) in [5.74, 6) is -1.53. The number of rotatable bonds is 6. The van der Waals surface area contributed by atoms with Crippen LogP contribution in [0.1, 0.15) is 31.4 Å². The number of likely N-dealkylation sites (tertiary alicyclic amines) is 1. The largest absolute Gasteiger partial charge is 0.478 e. The van der Waals surface area contributed by atoms with Gasteiger partial charge in [0.1, 0.15) is 0 Å². The number of aliphatic hydroxyl groups excluding tert-OH is 1. The zero-order valence-electron chi connectivity index (χ0n) is 15.8. The lowest BCUT2D eigenvalue weighted by molar-refractivity contribution is -0.134. The summed E-state index contributed by atoms with van der Waals surface area (Å²) < 4.78 is 6.01. The number of fused-ring (bicyclic) bond motifs is 1. The fourth-order valence-electron chi connectivity index (χ4n) is 3.23. The minimum Gasteiger partial charge on any atom is -0.478 e. The zero-order chi connectivity index (χ0) is 20.5. The van der Waals surface area contributed by atoms with Crippen LogP contribution >= 0.6 is 11.5 Å². The summed E-state index contributed by atoms with van der Waals surface area (Å²) in [6.45, 7) is 5.67.